The van der Waals surface area contributed by atoms with Gasteiger partial charge in [0.1, 0.15) is 12.1 Å². The molecule has 0 aromatic rings. The summed E-state index contributed by atoms with van der Waals surface area (Å²) in [7, 11) is 1.76. The number of urea groups is 1. The van der Waals surface area contributed by atoms with Crippen molar-refractivity contribution < 1.29 is 19.1 Å². The van der Waals surface area contributed by atoms with E-state index in [2.05, 4.69) is 5.32 Å². The van der Waals surface area contributed by atoms with Crippen LogP contribution in [0.15, 0.2) is 0 Å². The first-order valence-electron chi connectivity index (χ1n) is 8.46. The van der Waals surface area contributed by atoms with Crippen LogP contribution in [0.1, 0.15) is 33.6 Å². The van der Waals surface area contributed by atoms with Gasteiger partial charge in [0.25, 0.3) is 5.91 Å². The number of amides is 4. The molecule has 0 aliphatic carbocycles. The van der Waals surface area contributed by atoms with E-state index in [1.54, 1.807) is 35.6 Å². The molecule has 0 aromatic carbocycles. The Balaban J connectivity index is 1.70. The third-order valence-electron chi connectivity index (χ3n) is 5.20. The summed E-state index contributed by atoms with van der Waals surface area (Å²) in [6, 6.07) is -0.166. The number of likely N-dealkylation sites (N-methyl/N-ethyl adjacent to an activating group) is 1. The first-order chi connectivity index (χ1) is 11.1. The average molecular weight is 338 g/mol. The summed E-state index contributed by atoms with van der Waals surface area (Å²) in [5, 5.41) is 2.92. The third kappa shape index (κ3) is 2.83. The van der Waals surface area contributed by atoms with E-state index in [9.17, 15) is 14.4 Å². The highest BCUT2D eigenvalue weighted by atomic mass is 16.6. The third-order valence-corrected chi connectivity index (χ3v) is 5.20. The Morgan fingerprint density at radius 3 is 2.58 bits per heavy atom. The van der Waals surface area contributed by atoms with Crippen LogP contribution in [0.2, 0.25) is 0 Å². The topological polar surface area (TPSA) is 82.2 Å². The molecule has 2 atom stereocenters. The molecule has 8 nitrogen and oxygen atoms in total. The lowest BCUT2D eigenvalue weighted by Gasteiger charge is -2.44. The van der Waals surface area contributed by atoms with Gasteiger partial charge in [0.2, 0.25) is 5.91 Å². The smallest absolute Gasteiger partial charge is 0.320 e. The van der Waals surface area contributed by atoms with Crippen molar-refractivity contribution in [1.29, 1.82) is 0 Å². The fraction of sp³-hybridized carbons (Fsp3) is 0.812. The molecular formula is C16H26N4O4. The average Bonchev–Trinajstić information content (AvgIpc) is 2.72. The van der Waals surface area contributed by atoms with Gasteiger partial charge in [-0.25, -0.2) is 4.79 Å². The zero-order chi connectivity index (χ0) is 17.7. The number of rotatable bonds is 0. The van der Waals surface area contributed by atoms with Gasteiger partial charge in [-0.3, -0.25) is 9.59 Å². The second kappa shape index (κ2) is 5.61. The van der Waals surface area contributed by atoms with Gasteiger partial charge < -0.3 is 24.8 Å². The quantitative estimate of drug-likeness (QED) is 0.673. The summed E-state index contributed by atoms with van der Waals surface area (Å²) in [6.07, 6.45) is 1.43. The Morgan fingerprint density at radius 1 is 1.29 bits per heavy atom. The van der Waals surface area contributed by atoms with Gasteiger partial charge >= 0.3 is 6.03 Å². The summed E-state index contributed by atoms with van der Waals surface area (Å²) in [5.41, 5.74) is -1.69. The Hall–Kier alpha value is -1.83. The minimum absolute atomic E-state index is 0.00434. The Kier molecular flexibility index (Phi) is 3.98. The van der Waals surface area contributed by atoms with Crippen LogP contribution in [0.25, 0.3) is 0 Å². The SMILES string of the molecule is CC1CN(C(=O)N2CCCC3(C2)NC(=O)C(C)(C)O3)CC(=O)N1C. The Labute approximate surface area is 142 Å². The van der Waals surface area contributed by atoms with Crippen LogP contribution in [-0.2, 0) is 14.3 Å². The normalized spacial score (nSPS) is 33.2. The van der Waals surface area contributed by atoms with Crippen molar-refractivity contribution in [2.24, 2.45) is 0 Å². The van der Waals surface area contributed by atoms with Gasteiger partial charge in [-0.2, -0.15) is 0 Å². The zero-order valence-electron chi connectivity index (χ0n) is 14.8. The van der Waals surface area contributed by atoms with E-state index in [1.807, 2.05) is 6.92 Å². The van der Waals surface area contributed by atoms with E-state index in [0.29, 0.717) is 26.1 Å². The van der Waals surface area contributed by atoms with Crippen molar-refractivity contribution in [1.82, 2.24) is 20.0 Å². The monoisotopic (exact) mass is 338 g/mol. The van der Waals surface area contributed by atoms with Crippen LogP contribution in [0.3, 0.4) is 0 Å². The molecular weight excluding hydrogens is 312 g/mol. The maximum atomic E-state index is 12.8. The number of carbonyl (C=O) groups excluding carboxylic acids is 3. The molecule has 1 N–H and O–H groups in total. The number of nitrogens with one attached hydrogen (secondary N) is 1. The first-order valence-corrected chi connectivity index (χ1v) is 8.46. The van der Waals surface area contributed by atoms with Gasteiger partial charge in [0, 0.05) is 26.2 Å². The minimum atomic E-state index is -0.885. The zero-order valence-corrected chi connectivity index (χ0v) is 14.8. The van der Waals surface area contributed by atoms with Crippen LogP contribution in [0, 0.1) is 0 Å². The number of hydrogen-bond donors (Lipinski definition) is 1. The second-order valence-electron chi connectivity index (χ2n) is 7.60. The molecule has 1 spiro atoms. The molecule has 3 fully saturated rings. The first kappa shape index (κ1) is 17.0. The lowest BCUT2D eigenvalue weighted by Crippen LogP contribution is -2.62. The summed E-state index contributed by atoms with van der Waals surface area (Å²) in [4.78, 5) is 41.9. The molecule has 4 amide bonds. The number of piperidine rings is 1. The molecule has 3 aliphatic heterocycles. The fourth-order valence-corrected chi connectivity index (χ4v) is 3.66. The summed E-state index contributed by atoms with van der Waals surface area (Å²) in [5.74, 6) is -0.208. The van der Waals surface area contributed by atoms with Crippen molar-refractivity contribution in [2.75, 3.05) is 33.2 Å². The molecule has 3 heterocycles. The molecule has 3 aliphatic rings. The molecule has 3 saturated heterocycles. The summed E-state index contributed by atoms with van der Waals surface area (Å²) in [6.45, 7) is 6.94. The molecule has 0 aromatic heterocycles. The molecule has 0 radical (unpaired) electrons. The van der Waals surface area contributed by atoms with E-state index >= 15 is 0 Å². The largest absolute Gasteiger partial charge is 0.340 e. The highest BCUT2D eigenvalue weighted by molar-refractivity contribution is 5.87. The van der Waals surface area contributed by atoms with Gasteiger partial charge in [-0.05, 0) is 33.6 Å². The van der Waals surface area contributed by atoms with E-state index in [1.165, 1.54) is 0 Å². The molecule has 2 unspecified atom stereocenters. The minimum Gasteiger partial charge on any atom is -0.340 e. The maximum absolute atomic E-state index is 12.8. The number of likely N-dealkylation sites (tertiary alicyclic amines) is 1. The summed E-state index contributed by atoms with van der Waals surface area (Å²) >= 11 is 0. The van der Waals surface area contributed by atoms with Crippen molar-refractivity contribution in [2.45, 2.75) is 51.0 Å². The molecule has 3 rings (SSSR count). The van der Waals surface area contributed by atoms with E-state index in [-0.39, 0.29) is 30.4 Å². The van der Waals surface area contributed by atoms with Crippen molar-refractivity contribution in [3.8, 4) is 0 Å². The number of piperazine rings is 1. The predicted molar refractivity (Wildman–Crippen MR) is 86.0 cm³/mol. The van der Waals surface area contributed by atoms with E-state index in [4.69, 9.17) is 4.74 Å². The van der Waals surface area contributed by atoms with Crippen molar-refractivity contribution >= 4 is 17.8 Å². The van der Waals surface area contributed by atoms with Gasteiger partial charge in [0.05, 0.1) is 6.54 Å². The van der Waals surface area contributed by atoms with Crippen LogP contribution in [-0.4, -0.2) is 83.1 Å². The van der Waals surface area contributed by atoms with Crippen molar-refractivity contribution in [3.05, 3.63) is 0 Å². The van der Waals surface area contributed by atoms with Crippen LogP contribution >= 0.6 is 0 Å². The van der Waals surface area contributed by atoms with Gasteiger partial charge in [0.15, 0.2) is 5.72 Å². The van der Waals surface area contributed by atoms with Crippen LogP contribution < -0.4 is 5.32 Å². The predicted octanol–water partition coefficient (Wildman–Crippen LogP) is -0.0140. The van der Waals surface area contributed by atoms with E-state index in [0.717, 1.165) is 6.42 Å². The Bertz CT molecular complexity index is 578. The molecule has 134 valence electrons. The van der Waals surface area contributed by atoms with E-state index < -0.39 is 11.3 Å². The molecule has 0 bridgehead atoms. The lowest BCUT2D eigenvalue weighted by molar-refractivity contribution is -0.140. The highest BCUT2D eigenvalue weighted by Gasteiger charge is 2.52. The molecule has 24 heavy (non-hydrogen) atoms. The second-order valence-corrected chi connectivity index (χ2v) is 7.60. The highest BCUT2D eigenvalue weighted by Crippen LogP contribution is 2.34. The van der Waals surface area contributed by atoms with Crippen LogP contribution in [0.4, 0.5) is 4.79 Å². The lowest BCUT2D eigenvalue weighted by atomic mass is 10.0. The van der Waals surface area contributed by atoms with Crippen molar-refractivity contribution in [3.63, 3.8) is 0 Å². The number of hydrogen-bond acceptors (Lipinski definition) is 4. The van der Waals surface area contributed by atoms with Gasteiger partial charge in [-0.15, -0.1) is 0 Å². The standard InChI is InChI=1S/C16H26N4O4/c1-11-8-20(9-12(21)18(11)4)14(23)19-7-5-6-16(10-19)17-13(22)15(2,3)24-16/h11H,5-10H2,1-4H3,(H,17,22). The molecule has 0 saturated carbocycles. The molecule has 8 heteroatoms. The number of ether oxygens (including phenoxy) is 1. The Morgan fingerprint density at radius 2 is 2.00 bits per heavy atom. The van der Waals surface area contributed by atoms with Crippen LogP contribution in [0.5, 0.6) is 0 Å². The number of carbonyl (C=O) groups is 3. The maximum Gasteiger partial charge on any atom is 0.320 e. The fourth-order valence-electron chi connectivity index (χ4n) is 3.66. The number of nitrogens with zero attached hydrogens (tertiary/aromatic N) is 3. The van der Waals surface area contributed by atoms with Gasteiger partial charge in [-0.1, -0.05) is 0 Å². The summed E-state index contributed by atoms with van der Waals surface area (Å²) < 4.78 is 5.97.